The Morgan fingerprint density at radius 1 is 1.21 bits per heavy atom. The number of hydrogen-bond donors (Lipinski definition) is 0. The van der Waals surface area contributed by atoms with Gasteiger partial charge in [0.05, 0.1) is 10.4 Å². The molecule has 19 heavy (non-hydrogen) atoms. The third kappa shape index (κ3) is 3.04. The Balaban J connectivity index is 2.55. The van der Waals surface area contributed by atoms with Gasteiger partial charge in [-0.25, -0.2) is 4.21 Å². The highest BCUT2D eigenvalue weighted by molar-refractivity contribution is 7.89. The number of benzene rings is 1. The molecule has 0 radical (unpaired) electrons. The van der Waals surface area contributed by atoms with Gasteiger partial charge in [0.15, 0.2) is 5.84 Å². The van der Waals surface area contributed by atoms with Gasteiger partial charge in [0, 0.05) is 0 Å². The van der Waals surface area contributed by atoms with E-state index in [1.165, 1.54) is 0 Å². The van der Waals surface area contributed by atoms with Crippen LogP contribution in [0.5, 0.6) is 0 Å². The first-order chi connectivity index (χ1) is 8.62. The molecule has 1 aromatic rings. The first kappa shape index (κ1) is 14.2. The van der Waals surface area contributed by atoms with Crippen molar-refractivity contribution < 1.29 is 8.39 Å². The molecule has 1 unspecified atom stereocenters. The Morgan fingerprint density at radius 3 is 2.32 bits per heavy atom. The molecule has 4 nitrogen and oxygen atoms in total. The summed E-state index contributed by atoms with van der Waals surface area (Å²) in [6.07, 6.45) is 0. The quantitative estimate of drug-likeness (QED) is 0.791. The van der Waals surface area contributed by atoms with Crippen LogP contribution in [0.4, 0.5) is 0 Å². The Kier molecular flexibility index (Phi) is 3.31. The molecule has 0 saturated carbocycles. The third-order valence-corrected chi connectivity index (χ3v) is 4.47. The van der Waals surface area contributed by atoms with Crippen molar-refractivity contribution in [1.29, 1.82) is 0 Å². The number of amidine groups is 1. The van der Waals surface area contributed by atoms with Crippen LogP contribution >= 0.6 is 0 Å². The molecule has 0 spiro atoms. The number of rotatable bonds is 1. The zero-order valence-electron chi connectivity index (χ0n) is 12.0. The summed E-state index contributed by atoms with van der Waals surface area (Å²) in [6.45, 7) is 9.63. The first-order valence-corrected chi connectivity index (χ1v) is 7.70. The van der Waals surface area contributed by atoms with Crippen molar-refractivity contribution in [3.05, 3.63) is 30.3 Å². The van der Waals surface area contributed by atoms with Crippen LogP contribution < -0.4 is 0 Å². The monoisotopic (exact) mass is 280 g/mol. The third-order valence-electron chi connectivity index (χ3n) is 2.55. The van der Waals surface area contributed by atoms with E-state index in [0.29, 0.717) is 10.7 Å². The van der Waals surface area contributed by atoms with Crippen LogP contribution in [0.2, 0.25) is 0 Å². The maximum Gasteiger partial charge on any atom is 0.200 e. The van der Waals surface area contributed by atoms with Crippen LogP contribution in [0.3, 0.4) is 0 Å². The molecule has 0 fully saturated rings. The van der Waals surface area contributed by atoms with Crippen LogP contribution in [0.1, 0.15) is 34.6 Å². The van der Waals surface area contributed by atoms with Gasteiger partial charge < -0.3 is 0 Å². The number of hydrogen-bond acceptors (Lipinski definition) is 3. The van der Waals surface area contributed by atoms with E-state index in [0.717, 1.165) is 0 Å². The summed E-state index contributed by atoms with van der Waals surface area (Å²) >= 11 is 0. The minimum absolute atomic E-state index is 0.277. The average Bonchev–Trinajstić information content (AvgIpc) is 2.49. The summed E-state index contributed by atoms with van der Waals surface area (Å²) in [5.74, 6) is 0.508. The normalized spacial score (nSPS) is 28.4. The summed E-state index contributed by atoms with van der Waals surface area (Å²) in [7, 11) is -2.87. The topological polar surface area (TPSA) is 51.0 Å². The second-order valence-electron chi connectivity index (χ2n) is 6.08. The fraction of sp³-hybridized carbons (Fsp3) is 0.500. The molecule has 0 aliphatic carbocycles. The Morgan fingerprint density at radius 2 is 1.79 bits per heavy atom. The Bertz CT molecular complexity index is 619. The predicted molar refractivity (Wildman–Crippen MR) is 77.6 cm³/mol. The molecule has 104 valence electrons. The lowest BCUT2D eigenvalue weighted by Crippen LogP contribution is -2.31. The van der Waals surface area contributed by atoms with Crippen LogP contribution in [0.25, 0.3) is 0 Å². The van der Waals surface area contributed by atoms with Crippen molar-refractivity contribution in [2.45, 2.75) is 50.7 Å². The lowest BCUT2D eigenvalue weighted by molar-refractivity contribution is 0.210. The van der Waals surface area contributed by atoms with Gasteiger partial charge in [-0.05, 0) is 46.8 Å². The van der Waals surface area contributed by atoms with E-state index in [1.54, 1.807) is 12.1 Å². The van der Waals surface area contributed by atoms with E-state index < -0.39 is 15.6 Å². The smallest absolute Gasteiger partial charge is 0.200 e. The Labute approximate surface area is 115 Å². The van der Waals surface area contributed by atoms with Crippen LogP contribution in [-0.2, 0) is 14.2 Å². The summed E-state index contributed by atoms with van der Waals surface area (Å²) in [4.78, 5) is 5.11. The Hall–Kier alpha value is -1.20. The second kappa shape index (κ2) is 4.42. The lowest BCUT2D eigenvalue weighted by atomic mass is 10.1. The molecule has 5 heteroatoms. The molecular formula is C14H20N2O2S. The highest BCUT2D eigenvalue weighted by atomic mass is 32.2. The SMILES string of the molecule is CC(C)(C)N=C1N=S(=O)(c2ccccc2)OC1(C)C. The van der Waals surface area contributed by atoms with E-state index in [-0.39, 0.29) is 5.54 Å². The molecule has 1 aromatic carbocycles. The van der Waals surface area contributed by atoms with Gasteiger partial charge in [0.2, 0.25) is 10.0 Å². The van der Waals surface area contributed by atoms with Gasteiger partial charge >= 0.3 is 0 Å². The van der Waals surface area contributed by atoms with Crippen molar-refractivity contribution in [3.63, 3.8) is 0 Å². The molecule has 1 aliphatic rings. The summed E-state index contributed by atoms with van der Waals surface area (Å²) in [5.41, 5.74) is -1.01. The summed E-state index contributed by atoms with van der Waals surface area (Å²) in [6, 6.07) is 9.06. The van der Waals surface area contributed by atoms with E-state index in [2.05, 4.69) is 9.36 Å². The maximum atomic E-state index is 12.8. The van der Waals surface area contributed by atoms with Crippen molar-refractivity contribution in [2.75, 3.05) is 0 Å². The lowest BCUT2D eigenvalue weighted by Gasteiger charge is -2.20. The first-order valence-electron chi connectivity index (χ1n) is 6.26. The van der Waals surface area contributed by atoms with Crippen molar-refractivity contribution >= 4 is 15.8 Å². The minimum Gasteiger partial charge on any atom is -0.267 e. The predicted octanol–water partition coefficient (Wildman–Crippen LogP) is 3.43. The van der Waals surface area contributed by atoms with Gasteiger partial charge in [-0.3, -0.25) is 9.18 Å². The molecule has 1 heterocycles. The zero-order valence-corrected chi connectivity index (χ0v) is 12.8. The highest BCUT2D eigenvalue weighted by Gasteiger charge is 2.40. The van der Waals surface area contributed by atoms with Gasteiger partial charge in [-0.15, -0.1) is 0 Å². The average molecular weight is 280 g/mol. The van der Waals surface area contributed by atoms with Crippen LogP contribution in [-0.4, -0.2) is 21.2 Å². The minimum atomic E-state index is -2.87. The molecule has 2 rings (SSSR count). The standard InChI is InChI=1S/C14H20N2O2S/c1-13(2,3)15-12-14(4,5)18-19(17,16-12)11-9-7-6-8-10-11/h6-10H,1-5H3. The van der Waals surface area contributed by atoms with Gasteiger partial charge in [0.1, 0.15) is 5.60 Å². The molecule has 0 bridgehead atoms. The van der Waals surface area contributed by atoms with E-state index in [1.807, 2.05) is 52.8 Å². The molecular weight excluding hydrogens is 260 g/mol. The molecule has 0 N–H and O–H groups in total. The molecule has 0 amide bonds. The molecule has 1 atom stereocenters. The largest absolute Gasteiger partial charge is 0.267 e. The van der Waals surface area contributed by atoms with Gasteiger partial charge in [-0.2, -0.15) is 4.36 Å². The highest BCUT2D eigenvalue weighted by Crippen LogP contribution is 2.32. The van der Waals surface area contributed by atoms with Crippen LogP contribution in [0.15, 0.2) is 44.6 Å². The van der Waals surface area contributed by atoms with Crippen LogP contribution in [0, 0.1) is 0 Å². The molecule has 0 saturated heterocycles. The van der Waals surface area contributed by atoms with E-state index >= 15 is 0 Å². The van der Waals surface area contributed by atoms with E-state index in [9.17, 15) is 4.21 Å². The second-order valence-corrected chi connectivity index (χ2v) is 7.85. The zero-order chi connectivity index (χ0) is 14.3. The number of nitrogens with zero attached hydrogens (tertiary/aromatic N) is 2. The molecule has 1 aliphatic heterocycles. The van der Waals surface area contributed by atoms with E-state index in [4.69, 9.17) is 4.18 Å². The van der Waals surface area contributed by atoms with Gasteiger partial charge in [0.25, 0.3) is 0 Å². The molecule has 0 aromatic heterocycles. The van der Waals surface area contributed by atoms with Crippen molar-refractivity contribution in [2.24, 2.45) is 9.36 Å². The maximum absolute atomic E-state index is 12.8. The fourth-order valence-corrected chi connectivity index (χ4v) is 3.60. The summed E-state index contributed by atoms with van der Waals surface area (Å²) < 4.78 is 22.8. The van der Waals surface area contributed by atoms with Crippen molar-refractivity contribution in [3.8, 4) is 0 Å². The number of aliphatic imine (C=N–C) groups is 1. The van der Waals surface area contributed by atoms with Gasteiger partial charge in [-0.1, -0.05) is 18.2 Å². The fourth-order valence-electron chi connectivity index (χ4n) is 1.73. The summed E-state index contributed by atoms with van der Waals surface area (Å²) in [5, 5.41) is 0. The van der Waals surface area contributed by atoms with Crippen molar-refractivity contribution in [1.82, 2.24) is 0 Å².